The number of nitrogens with two attached hydrogens (primary N) is 1. The molecule has 114 valence electrons. The van der Waals surface area contributed by atoms with Crippen LogP contribution in [0.25, 0.3) is 0 Å². The van der Waals surface area contributed by atoms with Crippen molar-refractivity contribution >= 4 is 15.7 Å². The molecule has 0 spiro atoms. The van der Waals surface area contributed by atoms with Crippen LogP contribution in [0, 0.1) is 12.7 Å². The second-order valence-corrected chi connectivity index (χ2v) is 6.38. The standard InChI is InChI=1S/C13H21FN2O3S/c1-4-5-10(8-19-3)16-20(17,18)13-7-12(15)9(2)6-11(13)14/h6-7,10,16H,4-5,8,15H2,1-3H3. The Morgan fingerprint density at radius 1 is 1.45 bits per heavy atom. The van der Waals surface area contributed by atoms with E-state index in [0.717, 1.165) is 18.6 Å². The molecule has 5 nitrogen and oxygen atoms in total. The van der Waals surface area contributed by atoms with Gasteiger partial charge >= 0.3 is 0 Å². The first-order chi connectivity index (χ1) is 9.31. The van der Waals surface area contributed by atoms with Gasteiger partial charge in [-0.3, -0.25) is 0 Å². The summed E-state index contributed by atoms with van der Waals surface area (Å²) in [5.41, 5.74) is 6.40. The molecule has 0 aliphatic heterocycles. The van der Waals surface area contributed by atoms with Crippen molar-refractivity contribution in [1.29, 1.82) is 0 Å². The number of hydrogen-bond acceptors (Lipinski definition) is 4. The first-order valence-corrected chi connectivity index (χ1v) is 7.87. The minimum absolute atomic E-state index is 0.232. The van der Waals surface area contributed by atoms with Crippen LogP contribution in [-0.2, 0) is 14.8 Å². The summed E-state index contributed by atoms with van der Waals surface area (Å²) in [7, 11) is -2.47. The molecule has 0 radical (unpaired) electrons. The van der Waals surface area contributed by atoms with Gasteiger partial charge in [0.1, 0.15) is 10.7 Å². The Bertz CT molecular complexity index is 555. The van der Waals surface area contributed by atoms with E-state index >= 15 is 0 Å². The van der Waals surface area contributed by atoms with Crippen molar-refractivity contribution in [3.8, 4) is 0 Å². The zero-order chi connectivity index (χ0) is 15.3. The van der Waals surface area contributed by atoms with E-state index < -0.39 is 26.8 Å². The van der Waals surface area contributed by atoms with E-state index in [1.807, 2.05) is 6.92 Å². The molecule has 0 heterocycles. The molecule has 1 aromatic rings. The zero-order valence-electron chi connectivity index (χ0n) is 11.9. The molecule has 1 atom stereocenters. The molecule has 0 aliphatic rings. The minimum atomic E-state index is -3.96. The number of anilines is 1. The number of nitrogen functional groups attached to an aromatic ring is 1. The van der Waals surface area contributed by atoms with Gasteiger partial charge in [0, 0.05) is 18.8 Å². The number of benzene rings is 1. The van der Waals surface area contributed by atoms with Crippen LogP contribution < -0.4 is 10.5 Å². The predicted molar refractivity (Wildman–Crippen MR) is 76.4 cm³/mol. The first-order valence-electron chi connectivity index (χ1n) is 6.38. The Hall–Kier alpha value is -1.18. The second-order valence-electron chi connectivity index (χ2n) is 4.70. The van der Waals surface area contributed by atoms with Gasteiger partial charge in [-0.25, -0.2) is 17.5 Å². The third-order valence-electron chi connectivity index (χ3n) is 2.94. The molecule has 7 heteroatoms. The van der Waals surface area contributed by atoms with Crippen LogP contribution in [0.15, 0.2) is 17.0 Å². The van der Waals surface area contributed by atoms with Gasteiger partial charge in [-0.1, -0.05) is 13.3 Å². The van der Waals surface area contributed by atoms with Crippen LogP contribution in [0.1, 0.15) is 25.3 Å². The highest BCUT2D eigenvalue weighted by Gasteiger charge is 2.23. The Labute approximate surface area is 119 Å². The van der Waals surface area contributed by atoms with Gasteiger partial charge in [-0.15, -0.1) is 0 Å². The fourth-order valence-corrected chi connectivity index (χ4v) is 3.23. The Kier molecular flexibility index (Phi) is 5.91. The van der Waals surface area contributed by atoms with Crippen LogP contribution in [0.4, 0.5) is 10.1 Å². The van der Waals surface area contributed by atoms with Crippen LogP contribution in [0.5, 0.6) is 0 Å². The van der Waals surface area contributed by atoms with Crippen molar-refractivity contribution in [1.82, 2.24) is 4.72 Å². The molecule has 0 amide bonds. The maximum atomic E-state index is 13.8. The minimum Gasteiger partial charge on any atom is -0.398 e. The summed E-state index contributed by atoms with van der Waals surface area (Å²) in [6.45, 7) is 3.78. The summed E-state index contributed by atoms with van der Waals surface area (Å²) < 4.78 is 45.7. The molecule has 20 heavy (non-hydrogen) atoms. The fraction of sp³-hybridized carbons (Fsp3) is 0.538. The lowest BCUT2D eigenvalue weighted by atomic mass is 10.2. The average molecular weight is 304 g/mol. The van der Waals surface area contributed by atoms with Crippen molar-refractivity contribution in [3.63, 3.8) is 0 Å². The molecule has 1 unspecified atom stereocenters. The van der Waals surface area contributed by atoms with Crippen LogP contribution in [0.2, 0.25) is 0 Å². The van der Waals surface area contributed by atoms with Crippen LogP contribution in [-0.4, -0.2) is 28.2 Å². The van der Waals surface area contributed by atoms with Crippen molar-refractivity contribution in [3.05, 3.63) is 23.5 Å². The van der Waals surface area contributed by atoms with E-state index in [0.29, 0.717) is 12.0 Å². The van der Waals surface area contributed by atoms with Gasteiger partial charge in [0.15, 0.2) is 0 Å². The monoisotopic (exact) mass is 304 g/mol. The molecule has 3 N–H and O–H groups in total. The number of sulfonamides is 1. The van der Waals surface area contributed by atoms with Crippen molar-refractivity contribution in [2.45, 2.75) is 37.6 Å². The second kappa shape index (κ2) is 7.01. The predicted octanol–water partition coefficient (Wildman–Crippen LogP) is 1.81. The number of halogens is 1. The Morgan fingerprint density at radius 2 is 2.10 bits per heavy atom. The molecule has 0 aliphatic carbocycles. The number of methoxy groups -OCH3 is 1. The van der Waals surface area contributed by atoms with Gasteiger partial charge < -0.3 is 10.5 Å². The SMILES string of the molecule is CCCC(COC)NS(=O)(=O)c1cc(N)c(C)cc1F. The molecule has 0 saturated heterocycles. The Balaban J connectivity index is 3.07. The highest BCUT2D eigenvalue weighted by Crippen LogP contribution is 2.21. The largest absolute Gasteiger partial charge is 0.398 e. The third-order valence-corrected chi connectivity index (χ3v) is 4.47. The maximum absolute atomic E-state index is 13.8. The topological polar surface area (TPSA) is 81.4 Å². The number of aryl methyl sites for hydroxylation is 1. The molecular weight excluding hydrogens is 283 g/mol. The zero-order valence-corrected chi connectivity index (χ0v) is 12.8. The third kappa shape index (κ3) is 4.16. The summed E-state index contributed by atoms with van der Waals surface area (Å²) in [5.74, 6) is -0.808. The highest BCUT2D eigenvalue weighted by molar-refractivity contribution is 7.89. The maximum Gasteiger partial charge on any atom is 0.243 e. The lowest BCUT2D eigenvalue weighted by molar-refractivity contribution is 0.171. The quantitative estimate of drug-likeness (QED) is 0.753. The van der Waals surface area contributed by atoms with Gasteiger partial charge in [0.2, 0.25) is 10.0 Å². The number of ether oxygens (including phenoxy) is 1. The van der Waals surface area contributed by atoms with Gasteiger partial charge in [-0.2, -0.15) is 0 Å². The van der Waals surface area contributed by atoms with Gasteiger partial charge in [0.05, 0.1) is 6.61 Å². The molecule has 1 rings (SSSR count). The van der Waals surface area contributed by atoms with Crippen molar-refractivity contribution in [2.24, 2.45) is 0 Å². The fourth-order valence-electron chi connectivity index (χ4n) is 1.88. The summed E-state index contributed by atoms with van der Waals surface area (Å²) in [4.78, 5) is -0.433. The smallest absolute Gasteiger partial charge is 0.243 e. The number of hydrogen-bond donors (Lipinski definition) is 2. The van der Waals surface area contributed by atoms with Crippen LogP contribution in [0.3, 0.4) is 0 Å². The molecular formula is C13H21FN2O3S. The van der Waals surface area contributed by atoms with E-state index in [4.69, 9.17) is 10.5 Å². The normalized spacial score (nSPS) is 13.4. The molecule has 1 aromatic carbocycles. The number of rotatable bonds is 7. The summed E-state index contributed by atoms with van der Waals surface area (Å²) in [5, 5.41) is 0. The molecule has 0 aromatic heterocycles. The highest BCUT2D eigenvalue weighted by atomic mass is 32.2. The van der Waals surface area contributed by atoms with E-state index in [9.17, 15) is 12.8 Å². The summed E-state index contributed by atoms with van der Waals surface area (Å²) in [6, 6.07) is 1.87. The lowest BCUT2D eigenvalue weighted by Gasteiger charge is -2.18. The molecule has 0 bridgehead atoms. The van der Waals surface area contributed by atoms with Crippen LogP contribution >= 0.6 is 0 Å². The van der Waals surface area contributed by atoms with E-state index in [1.54, 1.807) is 6.92 Å². The first kappa shape index (κ1) is 16.9. The van der Waals surface area contributed by atoms with E-state index in [2.05, 4.69) is 4.72 Å². The van der Waals surface area contributed by atoms with Crippen molar-refractivity contribution in [2.75, 3.05) is 19.5 Å². The van der Waals surface area contributed by atoms with Crippen molar-refractivity contribution < 1.29 is 17.5 Å². The average Bonchev–Trinajstić information content (AvgIpc) is 2.33. The van der Waals surface area contributed by atoms with Gasteiger partial charge in [-0.05, 0) is 31.0 Å². The molecule has 0 fully saturated rings. The lowest BCUT2D eigenvalue weighted by Crippen LogP contribution is -2.38. The van der Waals surface area contributed by atoms with E-state index in [1.165, 1.54) is 7.11 Å². The Morgan fingerprint density at radius 3 is 2.65 bits per heavy atom. The molecule has 0 saturated carbocycles. The van der Waals surface area contributed by atoms with Gasteiger partial charge in [0.25, 0.3) is 0 Å². The summed E-state index contributed by atoms with van der Waals surface area (Å²) in [6.07, 6.45) is 1.39. The summed E-state index contributed by atoms with van der Waals surface area (Å²) >= 11 is 0. The number of nitrogens with one attached hydrogen (secondary N) is 1. The van der Waals surface area contributed by atoms with E-state index in [-0.39, 0.29) is 12.3 Å².